The molecule has 0 bridgehead atoms. The summed E-state index contributed by atoms with van der Waals surface area (Å²) in [6, 6.07) is 14.2. The topological polar surface area (TPSA) is 145 Å². The van der Waals surface area contributed by atoms with Crippen LogP contribution in [-0.4, -0.2) is 50.4 Å². The van der Waals surface area contributed by atoms with Gasteiger partial charge in [0.2, 0.25) is 0 Å². The highest BCUT2D eigenvalue weighted by Gasteiger charge is 2.25. The van der Waals surface area contributed by atoms with Gasteiger partial charge in [-0.1, -0.05) is 41.4 Å². The average Bonchev–Trinajstić information content (AvgIpc) is 2.82. The number of aliphatic hydroxyl groups excluding tert-OH is 1. The number of ketones is 1. The monoisotopic (exact) mass is 483 g/mol. The first-order chi connectivity index (χ1) is 16.2. The van der Waals surface area contributed by atoms with Crippen LogP contribution in [0.5, 0.6) is 5.75 Å². The van der Waals surface area contributed by atoms with Gasteiger partial charge in [0.1, 0.15) is 11.9 Å². The van der Waals surface area contributed by atoms with Crippen LogP contribution in [0.2, 0.25) is 0 Å². The van der Waals surface area contributed by atoms with Gasteiger partial charge >= 0.3 is 11.9 Å². The summed E-state index contributed by atoms with van der Waals surface area (Å²) in [6.07, 6.45) is 0.358. The van der Waals surface area contributed by atoms with Crippen LogP contribution in [0.3, 0.4) is 0 Å². The highest BCUT2D eigenvalue weighted by atomic mass is 32.1. The van der Waals surface area contributed by atoms with E-state index >= 15 is 0 Å². The molecular formula is C25H25NO7S. The number of ether oxygens (including phenoxy) is 1. The van der Waals surface area contributed by atoms with Crippen molar-refractivity contribution in [3.05, 3.63) is 71.3 Å². The molecule has 0 saturated carbocycles. The summed E-state index contributed by atoms with van der Waals surface area (Å²) in [5.41, 5.74) is 2.00. The lowest BCUT2D eigenvalue weighted by molar-refractivity contribution is -0.148. The first-order valence-electron chi connectivity index (χ1n) is 10.5. The van der Waals surface area contributed by atoms with Crippen molar-refractivity contribution in [2.45, 2.75) is 31.8 Å². The number of hydrogen-bond donors (Lipinski definition) is 4. The third kappa shape index (κ3) is 8.37. The van der Waals surface area contributed by atoms with E-state index in [-0.39, 0.29) is 13.0 Å². The van der Waals surface area contributed by atoms with Crippen molar-refractivity contribution in [1.29, 1.82) is 5.41 Å². The predicted molar refractivity (Wildman–Crippen MR) is 129 cm³/mol. The van der Waals surface area contributed by atoms with Crippen molar-refractivity contribution in [3.8, 4) is 5.75 Å². The van der Waals surface area contributed by atoms with Gasteiger partial charge in [-0.3, -0.25) is 14.4 Å². The molecule has 0 aliphatic heterocycles. The SMILES string of the molecule is N=C(CC(CC(=O)O)C(=O)O)C(=O)CCOc1ccc(C(O)c2ccc(CC=C=S)cc2)cc1. The Morgan fingerprint density at radius 1 is 1.00 bits per heavy atom. The van der Waals surface area contributed by atoms with Crippen molar-refractivity contribution in [3.63, 3.8) is 0 Å². The van der Waals surface area contributed by atoms with Crippen molar-refractivity contribution in [2.24, 2.45) is 5.92 Å². The summed E-state index contributed by atoms with van der Waals surface area (Å²) in [5.74, 6) is -4.13. The lowest BCUT2D eigenvalue weighted by Crippen LogP contribution is -2.25. The Balaban J connectivity index is 1.85. The zero-order chi connectivity index (χ0) is 25.1. The molecule has 0 fully saturated rings. The maximum atomic E-state index is 12.1. The maximum absolute atomic E-state index is 12.1. The molecule has 0 aliphatic carbocycles. The lowest BCUT2D eigenvalue weighted by atomic mass is 9.96. The van der Waals surface area contributed by atoms with Gasteiger partial charge in [-0.25, -0.2) is 0 Å². The molecule has 0 aromatic heterocycles. The van der Waals surface area contributed by atoms with Gasteiger partial charge in [-0.15, -0.1) is 0 Å². The van der Waals surface area contributed by atoms with Crippen LogP contribution in [-0.2, 0) is 20.8 Å². The molecule has 9 heteroatoms. The van der Waals surface area contributed by atoms with Crippen molar-refractivity contribution in [1.82, 2.24) is 0 Å². The summed E-state index contributed by atoms with van der Waals surface area (Å²) < 4.78 is 5.51. The number of aliphatic carboxylic acids is 2. The van der Waals surface area contributed by atoms with Gasteiger partial charge in [0.25, 0.3) is 0 Å². The van der Waals surface area contributed by atoms with E-state index in [0.717, 1.165) is 11.1 Å². The number of hydrogen-bond acceptors (Lipinski definition) is 7. The minimum absolute atomic E-state index is 0.0303. The largest absolute Gasteiger partial charge is 0.493 e. The number of carbonyl (C=O) groups is 3. The second-order valence-electron chi connectivity index (χ2n) is 7.58. The third-order valence-corrected chi connectivity index (χ3v) is 5.23. The Morgan fingerprint density at radius 2 is 1.59 bits per heavy atom. The molecule has 0 spiro atoms. The van der Waals surface area contributed by atoms with Gasteiger partial charge < -0.3 is 25.5 Å². The van der Waals surface area contributed by atoms with Crippen LogP contribution >= 0.6 is 12.2 Å². The molecule has 0 aliphatic rings. The van der Waals surface area contributed by atoms with Crippen LogP contribution in [0.4, 0.5) is 0 Å². The van der Waals surface area contributed by atoms with E-state index in [1.807, 2.05) is 24.3 Å². The van der Waals surface area contributed by atoms with Crippen LogP contribution < -0.4 is 4.74 Å². The van der Waals surface area contributed by atoms with E-state index < -0.39 is 48.3 Å². The molecule has 178 valence electrons. The number of allylic oxidation sites excluding steroid dienone is 1. The Labute approximate surface area is 202 Å². The predicted octanol–water partition coefficient (Wildman–Crippen LogP) is 3.39. The number of carboxylic acids is 2. The summed E-state index contributed by atoms with van der Waals surface area (Å²) >= 11 is 4.66. The highest BCUT2D eigenvalue weighted by Crippen LogP contribution is 2.24. The summed E-state index contributed by atoms with van der Waals surface area (Å²) in [4.78, 5) is 33.9. The Morgan fingerprint density at radius 3 is 2.12 bits per heavy atom. The second-order valence-corrected chi connectivity index (χ2v) is 7.81. The average molecular weight is 484 g/mol. The van der Waals surface area contributed by atoms with E-state index in [0.29, 0.717) is 17.7 Å². The zero-order valence-electron chi connectivity index (χ0n) is 18.3. The fourth-order valence-electron chi connectivity index (χ4n) is 3.16. The molecule has 0 heterocycles. The minimum Gasteiger partial charge on any atom is -0.493 e. The van der Waals surface area contributed by atoms with E-state index in [4.69, 9.17) is 20.4 Å². The molecule has 2 unspecified atom stereocenters. The van der Waals surface area contributed by atoms with Gasteiger partial charge in [-0.05, 0) is 53.5 Å². The Kier molecular flexibility index (Phi) is 10.3. The van der Waals surface area contributed by atoms with Crippen LogP contribution in [0.25, 0.3) is 0 Å². The minimum atomic E-state index is -1.36. The molecule has 2 aromatic carbocycles. The molecule has 0 radical (unpaired) electrons. The maximum Gasteiger partial charge on any atom is 0.307 e. The second kappa shape index (κ2) is 13.2. The highest BCUT2D eigenvalue weighted by molar-refractivity contribution is 7.78. The van der Waals surface area contributed by atoms with E-state index in [9.17, 15) is 19.5 Å². The first-order valence-corrected chi connectivity index (χ1v) is 10.9. The normalized spacial score (nSPS) is 12.1. The molecule has 2 rings (SSSR count). The summed E-state index contributed by atoms with van der Waals surface area (Å²) in [6.45, 7) is -0.0303. The first kappa shape index (κ1) is 26.6. The molecule has 8 nitrogen and oxygen atoms in total. The van der Waals surface area contributed by atoms with Crippen LogP contribution in [0.1, 0.15) is 42.1 Å². The van der Waals surface area contributed by atoms with E-state index in [1.165, 1.54) is 0 Å². The lowest BCUT2D eigenvalue weighted by Gasteiger charge is -2.13. The Bertz CT molecular complexity index is 1070. The van der Waals surface area contributed by atoms with Gasteiger partial charge in [0.05, 0.1) is 24.7 Å². The van der Waals surface area contributed by atoms with E-state index in [1.54, 1.807) is 30.3 Å². The smallest absolute Gasteiger partial charge is 0.307 e. The van der Waals surface area contributed by atoms with Crippen molar-refractivity contribution in [2.75, 3.05) is 6.61 Å². The molecular weight excluding hydrogens is 458 g/mol. The quantitative estimate of drug-likeness (QED) is 0.236. The number of rotatable bonds is 14. The standard InChI is InChI=1S/C25H25NO7S/c26-21(14-19(25(31)32)15-23(28)29)22(27)11-12-33-20-9-7-18(8-10-20)24(30)17-5-3-16(4-6-17)2-1-13-34/h1,3-10,19,24,26,30H,2,11-12,14-15H2,(H,28,29)(H,31,32). The van der Waals surface area contributed by atoms with Crippen molar-refractivity contribution < 1.29 is 34.4 Å². The van der Waals surface area contributed by atoms with Crippen LogP contribution in [0.15, 0.2) is 54.6 Å². The molecule has 4 N–H and O–H groups in total. The molecule has 2 aromatic rings. The fourth-order valence-corrected chi connectivity index (χ4v) is 3.25. The van der Waals surface area contributed by atoms with Gasteiger partial charge in [0, 0.05) is 12.8 Å². The third-order valence-electron chi connectivity index (χ3n) is 5.07. The van der Waals surface area contributed by atoms with Crippen LogP contribution in [0, 0.1) is 11.3 Å². The summed E-state index contributed by atoms with van der Waals surface area (Å²) in [5, 5.41) is 38.7. The zero-order valence-corrected chi connectivity index (χ0v) is 19.1. The number of carbonyl (C=O) groups excluding carboxylic acids is 1. The van der Waals surface area contributed by atoms with E-state index in [2.05, 4.69) is 17.2 Å². The Hall–Kier alpha value is -3.65. The molecule has 2 atom stereocenters. The fraction of sp³-hybridized carbons (Fsp3) is 0.280. The number of aliphatic hydroxyl groups is 1. The number of benzene rings is 2. The number of Topliss-reactive ketones (excluding diaryl/α,β-unsaturated/α-hetero) is 1. The van der Waals surface area contributed by atoms with Gasteiger partial charge in [0.15, 0.2) is 5.78 Å². The van der Waals surface area contributed by atoms with Gasteiger partial charge in [-0.2, -0.15) is 0 Å². The number of thiocarbonyl (C=S) groups is 1. The molecule has 0 saturated heterocycles. The molecule has 34 heavy (non-hydrogen) atoms. The molecule has 0 amide bonds. The number of nitrogens with one attached hydrogen (secondary N) is 1. The van der Waals surface area contributed by atoms with Crippen molar-refractivity contribution >= 4 is 40.7 Å². The number of carboxylic acid groups (broad SMARTS) is 2. The summed E-state index contributed by atoms with van der Waals surface area (Å²) in [7, 11) is 0.